The number of thiazole rings is 1. The zero-order valence-electron chi connectivity index (χ0n) is 11.2. The molecule has 6 nitrogen and oxygen atoms in total. The van der Waals surface area contributed by atoms with Gasteiger partial charge in [0.25, 0.3) is 0 Å². The molecular formula is C13H15N3O3S2. The normalized spacial score (nSPS) is 20.5. The minimum atomic E-state index is -2.97. The SMILES string of the molecule is O=C(Cc1cnc(-n2cccc2)s1)N[C@@H]1CCS(=O)(=O)C1. The molecule has 0 radical (unpaired) electrons. The summed E-state index contributed by atoms with van der Waals surface area (Å²) in [6, 6.07) is 3.57. The lowest BCUT2D eigenvalue weighted by Crippen LogP contribution is -2.36. The van der Waals surface area contributed by atoms with Gasteiger partial charge in [-0.25, -0.2) is 13.4 Å². The number of carbonyl (C=O) groups is 1. The first-order chi connectivity index (χ1) is 10.0. The molecule has 21 heavy (non-hydrogen) atoms. The van der Waals surface area contributed by atoms with Crippen molar-refractivity contribution >= 4 is 27.1 Å². The van der Waals surface area contributed by atoms with Gasteiger partial charge in [0, 0.05) is 29.5 Å². The van der Waals surface area contributed by atoms with Gasteiger partial charge < -0.3 is 9.88 Å². The molecule has 1 fully saturated rings. The largest absolute Gasteiger partial charge is 0.352 e. The predicted octanol–water partition coefficient (Wildman–Crippen LogP) is 0.780. The second-order valence-electron chi connectivity index (χ2n) is 5.04. The van der Waals surface area contributed by atoms with Crippen molar-refractivity contribution in [2.75, 3.05) is 11.5 Å². The van der Waals surface area contributed by atoms with Crippen molar-refractivity contribution in [2.24, 2.45) is 0 Å². The van der Waals surface area contributed by atoms with E-state index in [9.17, 15) is 13.2 Å². The zero-order valence-corrected chi connectivity index (χ0v) is 12.9. The van der Waals surface area contributed by atoms with Crippen LogP contribution in [0.1, 0.15) is 11.3 Å². The molecule has 0 aromatic carbocycles. The molecule has 2 aromatic heterocycles. The lowest BCUT2D eigenvalue weighted by molar-refractivity contribution is -0.120. The summed E-state index contributed by atoms with van der Waals surface area (Å²) >= 11 is 1.45. The van der Waals surface area contributed by atoms with E-state index in [1.165, 1.54) is 11.3 Å². The molecule has 2 aromatic rings. The number of hydrogen-bond donors (Lipinski definition) is 1. The van der Waals surface area contributed by atoms with Gasteiger partial charge in [-0.05, 0) is 18.6 Å². The van der Waals surface area contributed by atoms with Crippen molar-refractivity contribution < 1.29 is 13.2 Å². The molecule has 1 aliphatic rings. The van der Waals surface area contributed by atoms with Gasteiger partial charge >= 0.3 is 0 Å². The summed E-state index contributed by atoms with van der Waals surface area (Å²) in [6.07, 6.45) is 6.21. The topological polar surface area (TPSA) is 81.1 Å². The Balaban J connectivity index is 1.58. The third-order valence-electron chi connectivity index (χ3n) is 3.30. The molecule has 1 atom stereocenters. The quantitative estimate of drug-likeness (QED) is 0.901. The third-order valence-corrected chi connectivity index (χ3v) is 6.08. The second kappa shape index (κ2) is 5.61. The molecule has 1 saturated heterocycles. The Morgan fingerprint density at radius 3 is 2.86 bits per heavy atom. The number of nitrogens with zero attached hydrogens (tertiary/aromatic N) is 2. The van der Waals surface area contributed by atoms with Gasteiger partial charge in [-0.2, -0.15) is 0 Å². The van der Waals surface area contributed by atoms with Gasteiger partial charge in [0.05, 0.1) is 17.9 Å². The van der Waals surface area contributed by atoms with Gasteiger partial charge in [-0.1, -0.05) is 0 Å². The maximum atomic E-state index is 11.9. The van der Waals surface area contributed by atoms with Crippen molar-refractivity contribution in [2.45, 2.75) is 18.9 Å². The van der Waals surface area contributed by atoms with Crippen LogP contribution >= 0.6 is 11.3 Å². The van der Waals surface area contributed by atoms with E-state index in [0.29, 0.717) is 6.42 Å². The highest BCUT2D eigenvalue weighted by molar-refractivity contribution is 7.91. The first kappa shape index (κ1) is 14.3. The Hall–Kier alpha value is -1.67. The van der Waals surface area contributed by atoms with E-state index in [-0.39, 0.29) is 29.9 Å². The van der Waals surface area contributed by atoms with Gasteiger partial charge in [0.15, 0.2) is 15.0 Å². The van der Waals surface area contributed by atoms with Crippen LogP contribution in [0.25, 0.3) is 5.13 Å². The molecule has 3 heterocycles. The van der Waals surface area contributed by atoms with Crippen molar-refractivity contribution in [3.8, 4) is 5.13 Å². The summed E-state index contributed by atoms with van der Waals surface area (Å²) in [4.78, 5) is 17.1. The van der Waals surface area contributed by atoms with Gasteiger partial charge in [0.1, 0.15) is 0 Å². The molecule has 1 aliphatic heterocycles. The van der Waals surface area contributed by atoms with Crippen molar-refractivity contribution in [3.63, 3.8) is 0 Å². The molecular weight excluding hydrogens is 310 g/mol. The molecule has 0 bridgehead atoms. The Morgan fingerprint density at radius 1 is 1.43 bits per heavy atom. The number of carbonyl (C=O) groups excluding carboxylic acids is 1. The van der Waals surface area contributed by atoms with Gasteiger partial charge in [-0.3, -0.25) is 4.79 Å². The van der Waals surface area contributed by atoms with Crippen LogP contribution in [0, 0.1) is 0 Å². The van der Waals surface area contributed by atoms with Crippen molar-refractivity contribution in [3.05, 3.63) is 35.6 Å². The maximum Gasteiger partial charge on any atom is 0.225 e. The van der Waals surface area contributed by atoms with Crippen LogP contribution in [0.3, 0.4) is 0 Å². The van der Waals surface area contributed by atoms with Crippen LogP contribution in [0.4, 0.5) is 0 Å². The highest BCUT2D eigenvalue weighted by Crippen LogP contribution is 2.18. The lowest BCUT2D eigenvalue weighted by atomic mass is 10.2. The molecule has 0 aliphatic carbocycles. The molecule has 3 rings (SSSR count). The fraction of sp³-hybridized carbons (Fsp3) is 0.385. The lowest BCUT2D eigenvalue weighted by Gasteiger charge is -2.09. The van der Waals surface area contributed by atoms with Crippen LogP contribution in [0.5, 0.6) is 0 Å². The number of rotatable bonds is 4. The predicted molar refractivity (Wildman–Crippen MR) is 80.3 cm³/mol. The number of aromatic nitrogens is 2. The summed E-state index contributed by atoms with van der Waals surface area (Å²) in [6.45, 7) is 0. The molecule has 1 amide bonds. The molecule has 112 valence electrons. The van der Waals surface area contributed by atoms with Crippen molar-refractivity contribution in [1.82, 2.24) is 14.9 Å². The van der Waals surface area contributed by atoms with Crippen LogP contribution < -0.4 is 5.32 Å². The van der Waals surface area contributed by atoms with E-state index in [1.807, 2.05) is 29.1 Å². The van der Waals surface area contributed by atoms with Crippen LogP contribution in [-0.4, -0.2) is 41.4 Å². The summed E-state index contributed by atoms with van der Waals surface area (Å²) in [7, 11) is -2.97. The minimum absolute atomic E-state index is 0.0516. The Kier molecular flexibility index (Phi) is 3.81. The van der Waals surface area contributed by atoms with Crippen LogP contribution in [0.15, 0.2) is 30.7 Å². The first-order valence-electron chi connectivity index (χ1n) is 6.60. The fourth-order valence-corrected chi connectivity index (χ4v) is 4.86. The second-order valence-corrected chi connectivity index (χ2v) is 8.37. The van der Waals surface area contributed by atoms with Crippen LogP contribution in [0.2, 0.25) is 0 Å². The standard InChI is InChI=1S/C13H15N3O3S2/c17-12(15-10-3-6-21(18,19)9-10)7-11-8-14-13(20-11)16-4-1-2-5-16/h1-2,4-5,8,10H,3,6-7,9H2,(H,15,17)/t10-/m1/s1. The minimum Gasteiger partial charge on any atom is -0.352 e. The van der Waals surface area contributed by atoms with E-state index in [0.717, 1.165) is 10.0 Å². The van der Waals surface area contributed by atoms with E-state index in [1.54, 1.807) is 6.20 Å². The maximum absolute atomic E-state index is 11.9. The third kappa shape index (κ3) is 3.51. The summed E-state index contributed by atoms with van der Waals surface area (Å²) < 4.78 is 24.6. The fourth-order valence-electron chi connectivity index (χ4n) is 2.31. The Morgan fingerprint density at radius 2 is 2.19 bits per heavy atom. The average Bonchev–Trinajstić information content (AvgIpc) is 3.09. The highest BCUT2D eigenvalue weighted by atomic mass is 32.2. The molecule has 0 saturated carbocycles. The van der Waals surface area contributed by atoms with Gasteiger partial charge in [-0.15, -0.1) is 11.3 Å². The van der Waals surface area contributed by atoms with E-state index in [2.05, 4.69) is 10.3 Å². The highest BCUT2D eigenvalue weighted by Gasteiger charge is 2.28. The molecule has 0 spiro atoms. The summed E-state index contributed by atoms with van der Waals surface area (Å²) in [5, 5.41) is 3.59. The molecule has 8 heteroatoms. The first-order valence-corrected chi connectivity index (χ1v) is 9.23. The zero-order chi connectivity index (χ0) is 14.9. The van der Waals surface area contributed by atoms with E-state index < -0.39 is 9.84 Å². The summed E-state index contributed by atoms with van der Waals surface area (Å²) in [5.41, 5.74) is 0. The molecule has 1 N–H and O–H groups in total. The smallest absolute Gasteiger partial charge is 0.225 e. The number of hydrogen-bond acceptors (Lipinski definition) is 5. The van der Waals surface area contributed by atoms with E-state index >= 15 is 0 Å². The average molecular weight is 325 g/mol. The molecule has 0 unspecified atom stereocenters. The monoisotopic (exact) mass is 325 g/mol. The van der Waals surface area contributed by atoms with Gasteiger partial charge in [0.2, 0.25) is 5.91 Å². The Labute approximate surface area is 126 Å². The number of nitrogens with one attached hydrogen (secondary N) is 1. The van der Waals surface area contributed by atoms with Crippen LogP contribution in [-0.2, 0) is 21.1 Å². The number of sulfone groups is 1. The number of amides is 1. The van der Waals surface area contributed by atoms with Crippen molar-refractivity contribution in [1.29, 1.82) is 0 Å². The van der Waals surface area contributed by atoms with E-state index in [4.69, 9.17) is 0 Å². The summed E-state index contributed by atoms with van der Waals surface area (Å²) in [5.74, 6) is 0.0617. The Bertz CT molecular complexity index is 735.